The third-order valence-electron chi connectivity index (χ3n) is 3.59. The summed E-state index contributed by atoms with van der Waals surface area (Å²) in [6.45, 7) is 7.80. The van der Waals surface area contributed by atoms with Gasteiger partial charge in [-0.1, -0.05) is 32.0 Å². The minimum atomic E-state index is 0. The van der Waals surface area contributed by atoms with Crippen LogP contribution < -0.4 is 5.32 Å². The van der Waals surface area contributed by atoms with Crippen LogP contribution in [-0.4, -0.2) is 43.3 Å². The Morgan fingerprint density at radius 2 is 2.05 bits per heavy atom. The summed E-state index contributed by atoms with van der Waals surface area (Å²) in [6, 6.07) is 10.5. The molecule has 0 spiro atoms. The molecule has 1 aliphatic rings. The number of guanidine groups is 1. The van der Waals surface area contributed by atoms with Crippen LogP contribution >= 0.6 is 35.7 Å². The quantitative estimate of drug-likeness (QED) is 0.265. The van der Waals surface area contributed by atoms with E-state index in [0.717, 1.165) is 31.3 Å². The van der Waals surface area contributed by atoms with Crippen LogP contribution in [0.25, 0.3) is 0 Å². The molecule has 1 aromatic carbocycles. The Bertz CT molecular complexity index is 448. The van der Waals surface area contributed by atoms with Gasteiger partial charge in [-0.25, -0.2) is 0 Å². The zero-order valence-electron chi connectivity index (χ0n) is 13.1. The number of likely N-dealkylation sites (tertiary alicyclic amines) is 1. The van der Waals surface area contributed by atoms with E-state index in [2.05, 4.69) is 59.4 Å². The molecule has 0 atom stereocenters. The van der Waals surface area contributed by atoms with Gasteiger partial charge >= 0.3 is 0 Å². The fourth-order valence-electron chi connectivity index (χ4n) is 2.47. The molecule has 2 rings (SSSR count). The summed E-state index contributed by atoms with van der Waals surface area (Å²) >= 11 is 1.88. The predicted molar refractivity (Wildman–Crippen MR) is 104 cm³/mol. The second-order valence-corrected chi connectivity index (χ2v) is 7.14. The van der Waals surface area contributed by atoms with Gasteiger partial charge in [-0.15, -0.1) is 35.7 Å². The van der Waals surface area contributed by atoms with Crippen LogP contribution in [0.4, 0.5) is 0 Å². The standard InChI is InChI=1S/C16H25N3S.HI/c1-16(2)9-11-19(13-16)15(17-3)18-10-12-20-14-7-5-4-6-8-14;/h4-8H,9-13H2,1-3H3,(H,17,18);1H. The zero-order valence-corrected chi connectivity index (χ0v) is 16.3. The highest BCUT2D eigenvalue weighted by molar-refractivity contribution is 14.0. The van der Waals surface area contributed by atoms with Crippen LogP contribution in [0.2, 0.25) is 0 Å². The summed E-state index contributed by atoms with van der Waals surface area (Å²) in [5.74, 6) is 2.10. The molecule has 21 heavy (non-hydrogen) atoms. The number of nitrogens with zero attached hydrogens (tertiary/aromatic N) is 2. The number of thioether (sulfide) groups is 1. The Hall–Kier alpha value is -0.430. The molecule has 1 aliphatic heterocycles. The topological polar surface area (TPSA) is 27.6 Å². The first kappa shape index (κ1) is 18.6. The molecule has 1 saturated heterocycles. The second kappa shape index (κ2) is 8.88. The first-order valence-electron chi connectivity index (χ1n) is 7.24. The lowest BCUT2D eigenvalue weighted by Gasteiger charge is -2.23. The molecule has 118 valence electrons. The fourth-order valence-corrected chi connectivity index (χ4v) is 3.26. The van der Waals surface area contributed by atoms with Crippen LogP contribution in [0.5, 0.6) is 0 Å². The van der Waals surface area contributed by atoms with E-state index in [1.807, 2.05) is 18.8 Å². The fraction of sp³-hybridized carbons (Fsp3) is 0.562. The maximum atomic E-state index is 4.40. The Balaban J connectivity index is 0.00000220. The SMILES string of the molecule is CN=C(NCCSc1ccccc1)N1CCC(C)(C)C1.I. The number of hydrogen-bond acceptors (Lipinski definition) is 2. The summed E-state index contributed by atoms with van der Waals surface area (Å²) in [5, 5.41) is 3.47. The van der Waals surface area contributed by atoms with Crippen molar-refractivity contribution in [2.75, 3.05) is 32.4 Å². The van der Waals surface area contributed by atoms with Crippen molar-refractivity contribution in [1.82, 2.24) is 10.2 Å². The Morgan fingerprint density at radius 3 is 2.62 bits per heavy atom. The van der Waals surface area contributed by atoms with E-state index in [1.165, 1.54) is 11.3 Å². The number of halogens is 1. The summed E-state index contributed by atoms with van der Waals surface area (Å²) < 4.78 is 0. The van der Waals surface area contributed by atoms with Crippen LogP contribution in [-0.2, 0) is 0 Å². The number of benzene rings is 1. The molecule has 0 unspecified atom stereocenters. The van der Waals surface area contributed by atoms with E-state index in [1.54, 1.807) is 0 Å². The van der Waals surface area contributed by atoms with Crippen molar-refractivity contribution in [3.8, 4) is 0 Å². The van der Waals surface area contributed by atoms with E-state index in [4.69, 9.17) is 0 Å². The molecule has 1 aromatic rings. The normalized spacial score (nSPS) is 17.5. The Labute approximate surface area is 150 Å². The zero-order chi connectivity index (χ0) is 14.4. The number of rotatable bonds is 4. The van der Waals surface area contributed by atoms with Crippen molar-refractivity contribution in [3.05, 3.63) is 30.3 Å². The lowest BCUT2D eigenvalue weighted by Crippen LogP contribution is -2.41. The van der Waals surface area contributed by atoms with Gasteiger partial charge in [0.1, 0.15) is 0 Å². The van der Waals surface area contributed by atoms with Crippen molar-refractivity contribution < 1.29 is 0 Å². The van der Waals surface area contributed by atoms with Gasteiger partial charge in [-0.05, 0) is 24.0 Å². The minimum absolute atomic E-state index is 0. The molecular formula is C16H26IN3S. The summed E-state index contributed by atoms with van der Waals surface area (Å²) in [4.78, 5) is 8.10. The average Bonchev–Trinajstić information content (AvgIpc) is 2.80. The highest BCUT2D eigenvalue weighted by Gasteiger charge is 2.30. The van der Waals surface area contributed by atoms with Crippen molar-refractivity contribution in [2.45, 2.75) is 25.2 Å². The third kappa shape index (κ3) is 6.06. The second-order valence-electron chi connectivity index (χ2n) is 5.97. The summed E-state index contributed by atoms with van der Waals surface area (Å²) in [7, 11) is 1.87. The molecule has 1 heterocycles. The van der Waals surface area contributed by atoms with E-state index in [-0.39, 0.29) is 24.0 Å². The molecule has 0 amide bonds. The van der Waals surface area contributed by atoms with Crippen molar-refractivity contribution in [3.63, 3.8) is 0 Å². The van der Waals surface area contributed by atoms with Gasteiger partial charge in [0.2, 0.25) is 0 Å². The largest absolute Gasteiger partial charge is 0.355 e. The van der Waals surface area contributed by atoms with E-state index in [9.17, 15) is 0 Å². The number of aliphatic imine (C=N–C) groups is 1. The summed E-state index contributed by atoms with van der Waals surface area (Å²) in [5.41, 5.74) is 0.413. The molecular weight excluding hydrogens is 393 g/mol. The summed E-state index contributed by atoms with van der Waals surface area (Å²) in [6.07, 6.45) is 1.24. The van der Waals surface area contributed by atoms with Crippen LogP contribution in [0, 0.1) is 5.41 Å². The van der Waals surface area contributed by atoms with E-state index >= 15 is 0 Å². The first-order valence-corrected chi connectivity index (χ1v) is 8.23. The van der Waals surface area contributed by atoms with Gasteiger partial charge in [0.05, 0.1) is 0 Å². The minimum Gasteiger partial charge on any atom is -0.355 e. The van der Waals surface area contributed by atoms with E-state index < -0.39 is 0 Å². The predicted octanol–water partition coefficient (Wildman–Crippen LogP) is 3.70. The van der Waals surface area contributed by atoms with Gasteiger partial charge in [-0.2, -0.15) is 0 Å². The number of hydrogen-bond donors (Lipinski definition) is 1. The molecule has 0 saturated carbocycles. The monoisotopic (exact) mass is 419 g/mol. The van der Waals surface area contributed by atoms with Crippen LogP contribution in [0.3, 0.4) is 0 Å². The maximum absolute atomic E-state index is 4.40. The lowest BCUT2D eigenvalue weighted by molar-refractivity contribution is 0.370. The average molecular weight is 419 g/mol. The van der Waals surface area contributed by atoms with Gasteiger partial charge in [0, 0.05) is 37.3 Å². The lowest BCUT2D eigenvalue weighted by atomic mass is 9.93. The van der Waals surface area contributed by atoms with Crippen molar-refractivity contribution in [2.24, 2.45) is 10.4 Å². The molecule has 0 radical (unpaired) electrons. The molecule has 1 N–H and O–H groups in total. The van der Waals surface area contributed by atoms with Crippen LogP contribution in [0.15, 0.2) is 40.2 Å². The maximum Gasteiger partial charge on any atom is 0.193 e. The van der Waals surface area contributed by atoms with Gasteiger partial charge in [0.25, 0.3) is 0 Å². The van der Waals surface area contributed by atoms with Crippen LogP contribution in [0.1, 0.15) is 20.3 Å². The Kier molecular flexibility index (Phi) is 7.87. The highest BCUT2D eigenvalue weighted by Crippen LogP contribution is 2.28. The third-order valence-corrected chi connectivity index (χ3v) is 4.60. The van der Waals surface area contributed by atoms with E-state index in [0.29, 0.717) is 5.41 Å². The highest BCUT2D eigenvalue weighted by atomic mass is 127. The number of nitrogens with one attached hydrogen (secondary N) is 1. The van der Waals surface area contributed by atoms with Crippen molar-refractivity contribution in [1.29, 1.82) is 0 Å². The molecule has 3 nitrogen and oxygen atoms in total. The molecule has 1 fully saturated rings. The Morgan fingerprint density at radius 1 is 1.33 bits per heavy atom. The van der Waals surface area contributed by atoms with Gasteiger partial charge < -0.3 is 10.2 Å². The van der Waals surface area contributed by atoms with Crippen molar-refractivity contribution >= 4 is 41.7 Å². The van der Waals surface area contributed by atoms with Gasteiger partial charge in [-0.3, -0.25) is 4.99 Å². The first-order chi connectivity index (χ1) is 9.61. The van der Waals surface area contributed by atoms with Gasteiger partial charge in [0.15, 0.2) is 5.96 Å². The molecule has 0 bridgehead atoms. The molecule has 0 aliphatic carbocycles. The molecule has 0 aromatic heterocycles. The smallest absolute Gasteiger partial charge is 0.193 e. The molecule has 5 heteroatoms.